The first-order valence-corrected chi connectivity index (χ1v) is 18.1. The van der Waals surface area contributed by atoms with Crippen molar-refractivity contribution in [2.45, 2.75) is 69.0 Å². The quantitative estimate of drug-likeness (QED) is 0.187. The smallest absolute Gasteiger partial charge is 0.265 e. The zero-order valence-electron chi connectivity index (χ0n) is 27.3. The van der Waals surface area contributed by atoms with Crippen LogP contribution in [0.5, 0.6) is 17.2 Å². The highest BCUT2D eigenvalue weighted by molar-refractivity contribution is 7.92. The topological polar surface area (TPSA) is 114 Å². The fourth-order valence-electron chi connectivity index (χ4n) is 5.77. The number of amides is 2. The molecule has 4 rings (SSSR count). The van der Waals surface area contributed by atoms with Crippen molar-refractivity contribution in [3.63, 3.8) is 0 Å². The van der Waals surface area contributed by atoms with Gasteiger partial charge in [0.1, 0.15) is 18.3 Å². The van der Waals surface area contributed by atoms with Gasteiger partial charge >= 0.3 is 0 Å². The summed E-state index contributed by atoms with van der Waals surface area (Å²) in [6.45, 7) is 1.07. The predicted octanol–water partition coefficient (Wildman–Crippen LogP) is 7.12. The van der Waals surface area contributed by atoms with E-state index in [1.807, 2.05) is 0 Å². The fraction of sp³-hybridized carbons (Fsp3) is 0.412. The van der Waals surface area contributed by atoms with Gasteiger partial charge in [-0.25, -0.2) is 8.42 Å². The minimum absolute atomic E-state index is 0.000112. The first-order chi connectivity index (χ1) is 22.9. The molecule has 1 fully saturated rings. The normalized spacial score (nSPS) is 14.1. The summed E-state index contributed by atoms with van der Waals surface area (Å²) in [5.74, 6) is -0.295. The van der Waals surface area contributed by atoms with Crippen LogP contribution < -0.4 is 23.8 Å². The van der Waals surface area contributed by atoms with Crippen LogP contribution in [0.15, 0.2) is 59.5 Å². The van der Waals surface area contributed by atoms with Gasteiger partial charge in [0.2, 0.25) is 11.8 Å². The van der Waals surface area contributed by atoms with Crippen LogP contribution in [-0.4, -0.2) is 65.1 Å². The van der Waals surface area contributed by atoms with E-state index in [-0.39, 0.29) is 57.0 Å². The lowest BCUT2D eigenvalue weighted by atomic mass is 9.95. The molecule has 0 aliphatic heterocycles. The van der Waals surface area contributed by atoms with Crippen LogP contribution in [0, 0.1) is 0 Å². The molecule has 0 aromatic heterocycles. The van der Waals surface area contributed by atoms with Crippen LogP contribution in [-0.2, 0) is 26.2 Å². The molecule has 3 aromatic carbocycles. The zero-order valence-corrected chi connectivity index (χ0v) is 30.4. The summed E-state index contributed by atoms with van der Waals surface area (Å²) in [5, 5.41) is 3.96. The second-order valence-electron chi connectivity index (χ2n) is 11.4. The number of hydrogen-bond acceptors (Lipinski definition) is 7. The molecule has 48 heavy (non-hydrogen) atoms. The van der Waals surface area contributed by atoms with E-state index >= 15 is 0 Å². The average Bonchev–Trinajstić information content (AvgIpc) is 3.08. The lowest BCUT2D eigenvalue weighted by Gasteiger charge is -2.34. The van der Waals surface area contributed by atoms with Crippen molar-refractivity contribution < 1.29 is 32.2 Å². The maximum absolute atomic E-state index is 14.5. The van der Waals surface area contributed by atoms with Crippen molar-refractivity contribution in [2.24, 2.45) is 0 Å². The number of benzene rings is 3. The van der Waals surface area contributed by atoms with Gasteiger partial charge < -0.3 is 24.4 Å². The van der Waals surface area contributed by atoms with Gasteiger partial charge in [-0.3, -0.25) is 13.9 Å². The number of halogens is 3. The van der Waals surface area contributed by atoms with Crippen molar-refractivity contribution >= 4 is 62.3 Å². The third-order valence-corrected chi connectivity index (χ3v) is 11.0. The molecule has 0 saturated heterocycles. The zero-order chi connectivity index (χ0) is 35.0. The molecule has 1 aliphatic carbocycles. The van der Waals surface area contributed by atoms with Gasteiger partial charge in [0.15, 0.2) is 11.5 Å². The summed E-state index contributed by atoms with van der Waals surface area (Å²) in [5.41, 5.74) is 0.638. The molecule has 0 radical (unpaired) electrons. The Morgan fingerprint density at radius 2 is 1.52 bits per heavy atom. The maximum atomic E-state index is 14.5. The molecule has 1 saturated carbocycles. The summed E-state index contributed by atoms with van der Waals surface area (Å²) in [7, 11) is -0.270. The van der Waals surface area contributed by atoms with Crippen LogP contribution in [0.1, 0.15) is 51.0 Å². The molecule has 0 bridgehead atoms. The number of hydrogen-bond donors (Lipinski definition) is 1. The van der Waals surface area contributed by atoms with E-state index in [1.165, 1.54) is 56.6 Å². The molecule has 14 heteroatoms. The Hall–Kier alpha value is -3.38. The lowest BCUT2D eigenvalue weighted by Crippen LogP contribution is -2.54. The highest BCUT2D eigenvalue weighted by Crippen LogP contribution is 2.37. The van der Waals surface area contributed by atoms with Crippen LogP contribution in [0.3, 0.4) is 0 Å². The highest BCUT2D eigenvalue weighted by Gasteiger charge is 2.36. The van der Waals surface area contributed by atoms with E-state index in [0.29, 0.717) is 16.3 Å². The van der Waals surface area contributed by atoms with Crippen molar-refractivity contribution in [2.75, 3.05) is 32.2 Å². The number of carbonyl (C=O) groups excluding carboxylic acids is 2. The van der Waals surface area contributed by atoms with Gasteiger partial charge in [0, 0.05) is 23.7 Å². The number of nitrogens with zero attached hydrogens (tertiary/aromatic N) is 2. The Bertz CT molecular complexity index is 1720. The Balaban J connectivity index is 1.80. The third-order valence-electron chi connectivity index (χ3n) is 8.31. The van der Waals surface area contributed by atoms with Crippen LogP contribution in [0.2, 0.25) is 15.1 Å². The number of anilines is 1. The number of ether oxygens (including phenoxy) is 3. The van der Waals surface area contributed by atoms with Crippen molar-refractivity contribution in [1.82, 2.24) is 10.2 Å². The molecule has 0 spiro atoms. The van der Waals surface area contributed by atoms with Gasteiger partial charge in [0.25, 0.3) is 10.0 Å². The van der Waals surface area contributed by atoms with Crippen molar-refractivity contribution in [3.05, 3.63) is 75.2 Å². The average molecular weight is 741 g/mol. The van der Waals surface area contributed by atoms with E-state index in [1.54, 1.807) is 31.2 Å². The third kappa shape index (κ3) is 8.80. The maximum Gasteiger partial charge on any atom is 0.265 e. The number of sulfonamides is 1. The summed E-state index contributed by atoms with van der Waals surface area (Å²) in [6, 6.07) is 12.6. The highest BCUT2D eigenvalue weighted by atomic mass is 35.5. The van der Waals surface area contributed by atoms with Crippen LogP contribution in [0.25, 0.3) is 0 Å². The standard InChI is InChI=1S/C34H40Cl3N3O7S/c1-5-28(34(42)38-24-9-7-6-8-10-24)39(20-22-11-14-26(36)27(37)17-22)33(41)21-40(29-18-23(35)12-15-30(29)45-2)48(43,44)25-13-16-31(46-3)32(19-25)47-4/h11-19,24,28H,5-10,20-21H2,1-4H3,(H,38,42)/t28-/m0/s1. The second kappa shape index (κ2) is 16.8. The number of rotatable bonds is 14. The minimum Gasteiger partial charge on any atom is -0.495 e. The monoisotopic (exact) mass is 739 g/mol. The van der Waals surface area contributed by atoms with Crippen molar-refractivity contribution in [3.8, 4) is 17.2 Å². The molecular weight excluding hydrogens is 701 g/mol. The van der Waals surface area contributed by atoms with E-state index in [9.17, 15) is 18.0 Å². The van der Waals surface area contributed by atoms with E-state index in [4.69, 9.17) is 49.0 Å². The minimum atomic E-state index is -4.48. The Morgan fingerprint density at radius 1 is 0.854 bits per heavy atom. The number of methoxy groups -OCH3 is 3. The Labute approximate surface area is 297 Å². The first-order valence-electron chi connectivity index (χ1n) is 15.6. The van der Waals surface area contributed by atoms with Crippen LogP contribution in [0.4, 0.5) is 5.69 Å². The molecule has 10 nitrogen and oxygen atoms in total. The summed E-state index contributed by atoms with van der Waals surface area (Å²) in [6.07, 6.45) is 5.12. The molecular formula is C34H40Cl3N3O7S. The van der Waals surface area contributed by atoms with Crippen molar-refractivity contribution in [1.29, 1.82) is 0 Å². The summed E-state index contributed by atoms with van der Waals surface area (Å²) >= 11 is 18.8. The molecule has 1 atom stereocenters. The molecule has 0 heterocycles. The SMILES string of the molecule is CC[C@@H](C(=O)NC1CCCCC1)N(Cc1ccc(Cl)c(Cl)c1)C(=O)CN(c1cc(Cl)ccc1OC)S(=O)(=O)c1ccc(OC)c(OC)c1. The Kier molecular flexibility index (Phi) is 13.1. The van der Waals surface area contributed by atoms with Gasteiger partial charge in [0.05, 0.1) is 42.0 Å². The van der Waals surface area contributed by atoms with Gasteiger partial charge in [-0.15, -0.1) is 0 Å². The van der Waals surface area contributed by atoms with Crippen LogP contribution >= 0.6 is 34.8 Å². The Morgan fingerprint density at radius 3 is 2.15 bits per heavy atom. The predicted molar refractivity (Wildman–Crippen MR) is 188 cm³/mol. The summed E-state index contributed by atoms with van der Waals surface area (Å²) in [4.78, 5) is 29.5. The number of carbonyl (C=O) groups is 2. The molecule has 1 N–H and O–H groups in total. The van der Waals surface area contributed by atoms with Gasteiger partial charge in [-0.1, -0.05) is 67.1 Å². The molecule has 260 valence electrons. The molecule has 1 aliphatic rings. The largest absolute Gasteiger partial charge is 0.495 e. The summed E-state index contributed by atoms with van der Waals surface area (Å²) < 4.78 is 46.0. The van der Waals surface area contributed by atoms with E-state index in [0.717, 1.165) is 36.4 Å². The molecule has 2 amide bonds. The number of nitrogens with one attached hydrogen (secondary N) is 1. The first kappa shape index (κ1) is 37.4. The van der Waals surface area contributed by atoms with Gasteiger partial charge in [-0.2, -0.15) is 0 Å². The fourth-order valence-corrected chi connectivity index (χ4v) is 7.69. The second-order valence-corrected chi connectivity index (χ2v) is 14.5. The lowest BCUT2D eigenvalue weighted by molar-refractivity contribution is -0.140. The van der Waals surface area contributed by atoms with E-state index < -0.39 is 28.5 Å². The van der Waals surface area contributed by atoms with E-state index in [2.05, 4.69) is 5.32 Å². The molecule has 3 aromatic rings. The van der Waals surface area contributed by atoms with Gasteiger partial charge in [-0.05, 0) is 67.3 Å². The molecule has 0 unspecified atom stereocenters.